The van der Waals surface area contributed by atoms with Crippen molar-refractivity contribution in [2.75, 3.05) is 7.05 Å². The smallest absolute Gasteiger partial charge is 0.271 e. The molecule has 1 unspecified atom stereocenters. The summed E-state index contributed by atoms with van der Waals surface area (Å²) in [5.74, 6) is 0.696. The molecule has 0 bridgehead atoms. The van der Waals surface area contributed by atoms with Crippen LogP contribution >= 0.6 is 11.6 Å². The fraction of sp³-hybridized carbons (Fsp3) is 0.214. The lowest BCUT2D eigenvalue weighted by Crippen LogP contribution is -2.12. The first-order valence-electron chi connectivity index (χ1n) is 6.26. The van der Waals surface area contributed by atoms with Crippen molar-refractivity contribution in [1.82, 2.24) is 10.3 Å². The van der Waals surface area contributed by atoms with Gasteiger partial charge >= 0.3 is 0 Å². The Labute approximate surface area is 126 Å². The molecule has 7 heteroatoms. The van der Waals surface area contributed by atoms with Crippen LogP contribution in [0.15, 0.2) is 36.5 Å². The van der Waals surface area contributed by atoms with Crippen LogP contribution in [0.3, 0.4) is 0 Å². The Bertz CT molecular complexity index is 646. The number of aromatic nitrogens is 1. The highest BCUT2D eigenvalue weighted by Crippen LogP contribution is 2.31. The third-order valence-electron chi connectivity index (χ3n) is 3.03. The van der Waals surface area contributed by atoms with Gasteiger partial charge in [-0.3, -0.25) is 10.1 Å². The van der Waals surface area contributed by atoms with Crippen LogP contribution in [0.2, 0.25) is 5.02 Å². The summed E-state index contributed by atoms with van der Waals surface area (Å²) >= 11 is 5.96. The molecule has 1 aromatic heterocycles. The summed E-state index contributed by atoms with van der Waals surface area (Å²) in [5, 5.41) is 13.9. The Morgan fingerprint density at radius 2 is 2.14 bits per heavy atom. The molecule has 2 rings (SSSR count). The van der Waals surface area contributed by atoms with Crippen LogP contribution in [0.5, 0.6) is 11.6 Å². The molecule has 0 radical (unpaired) electrons. The van der Waals surface area contributed by atoms with Crippen molar-refractivity contribution in [3.63, 3.8) is 0 Å². The van der Waals surface area contributed by atoms with Gasteiger partial charge in [0.05, 0.1) is 9.95 Å². The van der Waals surface area contributed by atoms with E-state index in [-0.39, 0.29) is 16.8 Å². The van der Waals surface area contributed by atoms with Crippen molar-refractivity contribution in [2.45, 2.75) is 13.0 Å². The third-order valence-corrected chi connectivity index (χ3v) is 3.33. The molecule has 1 atom stereocenters. The summed E-state index contributed by atoms with van der Waals surface area (Å²) in [6.45, 7) is 2.02. The Morgan fingerprint density at radius 1 is 1.38 bits per heavy atom. The van der Waals surface area contributed by atoms with Crippen LogP contribution in [0.4, 0.5) is 5.69 Å². The number of nitrogens with one attached hydrogen (secondary N) is 1. The lowest BCUT2D eigenvalue weighted by Gasteiger charge is -2.11. The normalized spacial score (nSPS) is 12.0. The number of non-ortho nitro benzene ring substituents is 1. The maximum absolute atomic E-state index is 10.6. The number of hydrogen-bond acceptors (Lipinski definition) is 5. The molecule has 1 aromatic carbocycles. The zero-order chi connectivity index (χ0) is 15.4. The van der Waals surface area contributed by atoms with Gasteiger partial charge in [0, 0.05) is 30.4 Å². The molecule has 110 valence electrons. The Hall–Kier alpha value is -2.18. The number of benzene rings is 1. The molecule has 0 spiro atoms. The van der Waals surface area contributed by atoms with Gasteiger partial charge in [0.15, 0.2) is 0 Å². The molecule has 0 saturated heterocycles. The van der Waals surface area contributed by atoms with E-state index in [4.69, 9.17) is 16.3 Å². The first-order chi connectivity index (χ1) is 10.0. The molecule has 0 fully saturated rings. The summed E-state index contributed by atoms with van der Waals surface area (Å²) in [6, 6.07) is 7.83. The monoisotopic (exact) mass is 307 g/mol. The topological polar surface area (TPSA) is 77.3 Å². The number of hydrogen-bond donors (Lipinski definition) is 1. The molecule has 0 aliphatic carbocycles. The first kappa shape index (κ1) is 15.2. The van der Waals surface area contributed by atoms with E-state index in [1.54, 1.807) is 12.3 Å². The van der Waals surface area contributed by atoms with Crippen LogP contribution in [0, 0.1) is 10.1 Å². The fourth-order valence-corrected chi connectivity index (χ4v) is 1.89. The number of rotatable bonds is 5. The third kappa shape index (κ3) is 3.68. The second kappa shape index (κ2) is 6.51. The lowest BCUT2D eigenvalue weighted by molar-refractivity contribution is -0.384. The van der Waals surface area contributed by atoms with Crippen LogP contribution in [0.25, 0.3) is 0 Å². The molecule has 0 saturated carbocycles. The predicted octanol–water partition coefficient (Wildman–Crippen LogP) is 3.72. The van der Waals surface area contributed by atoms with E-state index in [0.717, 1.165) is 5.56 Å². The number of pyridine rings is 1. The maximum Gasteiger partial charge on any atom is 0.271 e. The lowest BCUT2D eigenvalue weighted by atomic mass is 10.1. The quantitative estimate of drug-likeness (QED) is 0.673. The van der Waals surface area contributed by atoms with E-state index in [2.05, 4.69) is 10.3 Å². The van der Waals surface area contributed by atoms with Gasteiger partial charge in [0.25, 0.3) is 5.69 Å². The summed E-state index contributed by atoms with van der Waals surface area (Å²) in [6.07, 6.45) is 1.70. The highest BCUT2D eigenvalue weighted by atomic mass is 35.5. The van der Waals surface area contributed by atoms with Crippen molar-refractivity contribution in [1.29, 1.82) is 0 Å². The second-order valence-electron chi connectivity index (χ2n) is 4.41. The van der Waals surface area contributed by atoms with Crippen molar-refractivity contribution in [2.24, 2.45) is 0 Å². The van der Waals surface area contributed by atoms with Gasteiger partial charge < -0.3 is 10.1 Å². The summed E-state index contributed by atoms with van der Waals surface area (Å²) in [7, 11) is 1.87. The number of halogens is 1. The van der Waals surface area contributed by atoms with Crippen molar-refractivity contribution in [3.05, 3.63) is 57.2 Å². The van der Waals surface area contributed by atoms with Crippen molar-refractivity contribution < 1.29 is 9.66 Å². The van der Waals surface area contributed by atoms with E-state index in [0.29, 0.717) is 11.6 Å². The highest BCUT2D eigenvalue weighted by Gasteiger charge is 2.11. The van der Waals surface area contributed by atoms with Gasteiger partial charge in [0.1, 0.15) is 5.75 Å². The Balaban J connectivity index is 2.16. The van der Waals surface area contributed by atoms with Crippen molar-refractivity contribution >= 4 is 17.3 Å². The van der Waals surface area contributed by atoms with Gasteiger partial charge in [-0.25, -0.2) is 4.98 Å². The van der Waals surface area contributed by atoms with Gasteiger partial charge in [-0.15, -0.1) is 0 Å². The van der Waals surface area contributed by atoms with Crippen LogP contribution in [-0.4, -0.2) is 17.0 Å². The standard InChI is InChI=1S/C14H14ClN3O3/c1-9(16-2)10-3-6-14(17-8-10)21-13-5-4-11(18(19)20)7-12(13)15/h3-9,16H,1-2H3. The molecule has 1 heterocycles. The number of nitro benzene ring substituents is 1. The van der Waals surface area contributed by atoms with Crippen molar-refractivity contribution in [3.8, 4) is 11.6 Å². The highest BCUT2D eigenvalue weighted by molar-refractivity contribution is 6.32. The molecular formula is C14H14ClN3O3. The largest absolute Gasteiger partial charge is 0.437 e. The average Bonchev–Trinajstić information content (AvgIpc) is 2.49. The minimum Gasteiger partial charge on any atom is -0.437 e. The Kier molecular flexibility index (Phi) is 4.72. The predicted molar refractivity (Wildman–Crippen MR) is 79.9 cm³/mol. The molecule has 1 N–H and O–H groups in total. The molecule has 0 amide bonds. The average molecular weight is 308 g/mol. The number of nitro groups is 1. The first-order valence-corrected chi connectivity index (χ1v) is 6.64. The summed E-state index contributed by atoms with van der Waals surface area (Å²) < 4.78 is 5.53. The van der Waals surface area contributed by atoms with E-state index in [9.17, 15) is 10.1 Å². The number of nitrogens with zero attached hydrogens (tertiary/aromatic N) is 2. The van der Waals surface area contributed by atoms with E-state index in [1.165, 1.54) is 18.2 Å². The second-order valence-corrected chi connectivity index (χ2v) is 4.82. The van der Waals surface area contributed by atoms with Gasteiger partial charge in [-0.2, -0.15) is 0 Å². The SMILES string of the molecule is CNC(C)c1ccc(Oc2ccc([N+](=O)[O-])cc2Cl)nc1. The Morgan fingerprint density at radius 3 is 2.67 bits per heavy atom. The van der Waals surface area contributed by atoms with E-state index < -0.39 is 4.92 Å². The summed E-state index contributed by atoms with van der Waals surface area (Å²) in [4.78, 5) is 14.3. The molecule has 2 aromatic rings. The van der Waals surface area contributed by atoms with E-state index in [1.807, 2.05) is 20.0 Å². The minimum atomic E-state index is -0.512. The van der Waals surface area contributed by atoms with Crippen LogP contribution < -0.4 is 10.1 Å². The van der Waals surface area contributed by atoms with Gasteiger partial charge in [0.2, 0.25) is 5.88 Å². The molecule has 21 heavy (non-hydrogen) atoms. The van der Waals surface area contributed by atoms with Gasteiger partial charge in [-0.1, -0.05) is 17.7 Å². The zero-order valence-electron chi connectivity index (χ0n) is 11.5. The summed E-state index contributed by atoms with van der Waals surface area (Å²) in [5.41, 5.74) is 0.943. The molecule has 0 aliphatic heterocycles. The number of ether oxygens (including phenoxy) is 1. The molecule has 0 aliphatic rings. The van der Waals surface area contributed by atoms with Crippen LogP contribution in [-0.2, 0) is 0 Å². The fourth-order valence-electron chi connectivity index (χ4n) is 1.67. The van der Waals surface area contributed by atoms with Crippen LogP contribution in [0.1, 0.15) is 18.5 Å². The van der Waals surface area contributed by atoms with Gasteiger partial charge in [-0.05, 0) is 25.6 Å². The zero-order valence-corrected chi connectivity index (χ0v) is 12.3. The molecular weight excluding hydrogens is 294 g/mol. The minimum absolute atomic E-state index is 0.0847. The maximum atomic E-state index is 10.6. The molecule has 6 nitrogen and oxygen atoms in total. The van der Waals surface area contributed by atoms with E-state index >= 15 is 0 Å².